The van der Waals surface area contributed by atoms with Crippen LogP contribution in [0.15, 0.2) is 0 Å². The number of nitrogens with zero attached hydrogens (tertiary/aromatic N) is 1. The number of piperidine rings is 1. The van der Waals surface area contributed by atoms with Crippen LogP contribution in [0.5, 0.6) is 0 Å². The van der Waals surface area contributed by atoms with Crippen molar-refractivity contribution in [3.8, 4) is 0 Å². The summed E-state index contributed by atoms with van der Waals surface area (Å²) in [4.78, 5) is 2.68. The molecule has 2 aliphatic rings. The van der Waals surface area contributed by atoms with E-state index in [9.17, 15) is 0 Å². The van der Waals surface area contributed by atoms with E-state index in [0.29, 0.717) is 18.1 Å². The first-order valence-corrected chi connectivity index (χ1v) is 7.15. The van der Waals surface area contributed by atoms with Gasteiger partial charge in [-0.15, -0.1) is 0 Å². The molecular weight excluding hydrogens is 212 g/mol. The Morgan fingerprint density at radius 3 is 2.71 bits per heavy atom. The van der Waals surface area contributed by atoms with Gasteiger partial charge in [-0.25, -0.2) is 0 Å². The van der Waals surface area contributed by atoms with Crippen LogP contribution >= 0.6 is 0 Å². The lowest BCUT2D eigenvalue weighted by molar-refractivity contribution is -0.0941. The minimum absolute atomic E-state index is 0.0444. The molecule has 2 rings (SSSR count). The molecule has 3 heteroatoms. The van der Waals surface area contributed by atoms with Gasteiger partial charge >= 0.3 is 0 Å². The summed E-state index contributed by atoms with van der Waals surface area (Å²) in [7, 11) is 0. The van der Waals surface area contributed by atoms with Crippen molar-refractivity contribution in [2.75, 3.05) is 13.2 Å². The van der Waals surface area contributed by atoms with Crippen molar-refractivity contribution in [2.45, 2.75) is 76.6 Å². The minimum Gasteiger partial charge on any atom is -0.375 e. The summed E-state index contributed by atoms with van der Waals surface area (Å²) in [5, 5.41) is 0. The second-order valence-corrected chi connectivity index (χ2v) is 6.41. The SMILES string of the molecule is CC(N)C1CCCCN1C1CCOC(C)(C)C1. The van der Waals surface area contributed by atoms with Crippen LogP contribution in [0.1, 0.15) is 52.9 Å². The molecule has 0 bridgehead atoms. The second kappa shape index (κ2) is 5.25. The average molecular weight is 240 g/mol. The summed E-state index contributed by atoms with van der Waals surface area (Å²) in [5.41, 5.74) is 6.20. The van der Waals surface area contributed by atoms with Crippen LogP contribution in [0, 0.1) is 0 Å². The third kappa shape index (κ3) is 3.21. The van der Waals surface area contributed by atoms with E-state index in [0.717, 1.165) is 13.0 Å². The van der Waals surface area contributed by atoms with Crippen LogP contribution in [0.2, 0.25) is 0 Å². The summed E-state index contributed by atoms with van der Waals surface area (Å²) in [6.07, 6.45) is 6.27. The Kier molecular flexibility index (Phi) is 4.11. The lowest BCUT2D eigenvalue weighted by atomic mass is 9.88. The first-order valence-electron chi connectivity index (χ1n) is 7.15. The molecule has 17 heavy (non-hydrogen) atoms. The molecular formula is C14H28N2O. The van der Waals surface area contributed by atoms with Crippen LogP contribution in [-0.2, 0) is 4.74 Å². The average Bonchev–Trinajstić information content (AvgIpc) is 2.27. The Bertz CT molecular complexity index is 253. The predicted molar refractivity (Wildman–Crippen MR) is 71.0 cm³/mol. The summed E-state index contributed by atoms with van der Waals surface area (Å²) in [5.74, 6) is 0. The summed E-state index contributed by atoms with van der Waals surface area (Å²) in [6, 6.07) is 1.55. The summed E-state index contributed by atoms with van der Waals surface area (Å²) < 4.78 is 5.82. The van der Waals surface area contributed by atoms with E-state index in [1.165, 1.54) is 32.2 Å². The van der Waals surface area contributed by atoms with Crippen LogP contribution in [0.3, 0.4) is 0 Å². The van der Waals surface area contributed by atoms with Crippen LogP contribution in [0.4, 0.5) is 0 Å². The number of rotatable bonds is 2. The standard InChI is InChI=1S/C14H28N2O/c1-11(15)13-6-4-5-8-16(13)12-7-9-17-14(2,3)10-12/h11-13H,4-10,15H2,1-3H3. The lowest BCUT2D eigenvalue weighted by Crippen LogP contribution is -2.56. The molecule has 2 saturated heterocycles. The normalized spacial score (nSPS) is 36.7. The molecule has 0 saturated carbocycles. The van der Waals surface area contributed by atoms with Crippen molar-refractivity contribution in [3.05, 3.63) is 0 Å². The van der Waals surface area contributed by atoms with Crippen LogP contribution < -0.4 is 5.73 Å². The molecule has 0 radical (unpaired) electrons. The van der Waals surface area contributed by atoms with E-state index < -0.39 is 0 Å². The summed E-state index contributed by atoms with van der Waals surface area (Å²) in [6.45, 7) is 8.72. The number of ether oxygens (including phenoxy) is 1. The predicted octanol–water partition coefficient (Wildman–Crippen LogP) is 2.15. The second-order valence-electron chi connectivity index (χ2n) is 6.41. The van der Waals surface area contributed by atoms with Gasteiger partial charge < -0.3 is 10.5 Å². The van der Waals surface area contributed by atoms with E-state index in [-0.39, 0.29) is 5.60 Å². The van der Waals surface area contributed by atoms with Crippen molar-refractivity contribution in [3.63, 3.8) is 0 Å². The van der Waals surface area contributed by atoms with Crippen molar-refractivity contribution < 1.29 is 4.74 Å². The number of hydrogen-bond donors (Lipinski definition) is 1. The van der Waals surface area contributed by atoms with Crippen molar-refractivity contribution in [1.82, 2.24) is 4.90 Å². The minimum atomic E-state index is 0.0444. The first-order chi connectivity index (χ1) is 7.99. The van der Waals surface area contributed by atoms with Gasteiger partial charge in [0.2, 0.25) is 0 Å². The fourth-order valence-corrected chi connectivity index (χ4v) is 3.48. The zero-order valence-corrected chi connectivity index (χ0v) is 11.6. The number of hydrogen-bond acceptors (Lipinski definition) is 3. The van der Waals surface area contributed by atoms with Gasteiger partial charge in [-0.05, 0) is 53.0 Å². The summed E-state index contributed by atoms with van der Waals surface area (Å²) >= 11 is 0. The van der Waals surface area contributed by atoms with E-state index in [4.69, 9.17) is 10.5 Å². The smallest absolute Gasteiger partial charge is 0.0641 e. The highest BCUT2D eigenvalue weighted by Crippen LogP contribution is 2.31. The molecule has 0 aromatic heterocycles. The Labute approximate surface area is 106 Å². The number of likely N-dealkylation sites (tertiary alicyclic amines) is 1. The fraction of sp³-hybridized carbons (Fsp3) is 1.00. The largest absolute Gasteiger partial charge is 0.375 e. The van der Waals surface area contributed by atoms with Crippen molar-refractivity contribution in [2.24, 2.45) is 5.73 Å². The van der Waals surface area contributed by atoms with Crippen LogP contribution in [0.25, 0.3) is 0 Å². The van der Waals surface area contributed by atoms with Crippen molar-refractivity contribution in [1.29, 1.82) is 0 Å². The monoisotopic (exact) mass is 240 g/mol. The van der Waals surface area contributed by atoms with E-state index in [2.05, 4.69) is 25.7 Å². The van der Waals surface area contributed by atoms with Gasteiger partial charge in [-0.1, -0.05) is 6.42 Å². The third-order valence-electron chi connectivity index (χ3n) is 4.34. The molecule has 2 N–H and O–H groups in total. The van der Waals surface area contributed by atoms with Gasteiger partial charge in [-0.3, -0.25) is 4.90 Å². The molecule has 2 fully saturated rings. The van der Waals surface area contributed by atoms with E-state index in [1.807, 2.05) is 0 Å². The van der Waals surface area contributed by atoms with Gasteiger partial charge in [0, 0.05) is 24.7 Å². The van der Waals surface area contributed by atoms with Gasteiger partial charge in [0.05, 0.1) is 5.60 Å². The Morgan fingerprint density at radius 2 is 2.06 bits per heavy atom. The number of nitrogens with two attached hydrogens (primary N) is 1. The maximum Gasteiger partial charge on any atom is 0.0641 e. The third-order valence-corrected chi connectivity index (χ3v) is 4.34. The molecule has 3 unspecified atom stereocenters. The molecule has 3 nitrogen and oxygen atoms in total. The maximum atomic E-state index is 6.16. The zero-order valence-electron chi connectivity index (χ0n) is 11.6. The highest BCUT2D eigenvalue weighted by Gasteiger charge is 2.36. The Morgan fingerprint density at radius 1 is 1.29 bits per heavy atom. The van der Waals surface area contributed by atoms with Crippen LogP contribution in [-0.4, -0.2) is 41.8 Å². The molecule has 0 aromatic carbocycles. The maximum absolute atomic E-state index is 6.16. The molecule has 0 amide bonds. The molecule has 0 aromatic rings. The fourth-order valence-electron chi connectivity index (χ4n) is 3.48. The van der Waals surface area contributed by atoms with E-state index >= 15 is 0 Å². The highest BCUT2D eigenvalue weighted by atomic mass is 16.5. The Balaban J connectivity index is 2.03. The van der Waals surface area contributed by atoms with Crippen molar-refractivity contribution >= 4 is 0 Å². The molecule has 0 aliphatic carbocycles. The quantitative estimate of drug-likeness (QED) is 0.804. The molecule has 100 valence electrons. The zero-order chi connectivity index (χ0) is 12.5. The van der Waals surface area contributed by atoms with Gasteiger partial charge in [0.15, 0.2) is 0 Å². The first kappa shape index (κ1) is 13.3. The topological polar surface area (TPSA) is 38.5 Å². The van der Waals surface area contributed by atoms with Gasteiger partial charge in [0.1, 0.15) is 0 Å². The lowest BCUT2D eigenvalue weighted by Gasteiger charge is -2.47. The molecule has 2 aliphatic heterocycles. The Hall–Kier alpha value is -0.120. The van der Waals surface area contributed by atoms with Gasteiger partial charge in [0.25, 0.3) is 0 Å². The molecule has 0 spiro atoms. The molecule has 3 atom stereocenters. The van der Waals surface area contributed by atoms with E-state index in [1.54, 1.807) is 0 Å². The molecule has 2 heterocycles. The highest BCUT2D eigenvalue weighted by molar-refractivity contribution is 4.92. The van der Waals surface area contributed by atoms with Gasteiger partial charge in [-0.2, -0.15) is 0 Å².